The van der Waals surface area contributed by atoms with Gasteiger partial charge in [0, 0.05) is 6.04 Å². The van der Waals surface area contributed by atoms with Crippen LogP contribution < -0.4 is 5.32 Å². The molecule has 2 aliphatic rings. The fraction of sp³-hybridized carbons (Fsp3) is 0.765. The summed E-state index contributed by atoms with van der Waals surface area (Å²) in [6.07, 6.45) is 7.95. The summed E-state index contributed by atoms with van der Waals surface area (Å²) in [5.41, 5.74) is 0.244. The van der Waals surface area contributed by atoms with Crippen molar-refractivity contribution in [3.05, 3.63) is 12.2 Å². The lowest BCUT2D eigenvalue weighted by Crippen LogP contribution is -2.47. The van der Waals surface area contributed by atoms with Gasteiger partial charge in [0.05, 0.1) is 11.8 Å². The van der Waals surface area contributed by atoms with Gasteiger partial charge in [0.15, 0.2) is 0 Å². The summed E-state index contributed by atoms with van der Waals surface area (Å²) in [7, 11) is 0. The Labute approximate surface area is 127 Å². The fourth-order valence-electron chi connectivity index (χ4n) is 4.14. The minimum atomic E-state index is -0.864. The third kappa shape index (κ3) is 4.08. The van der Waals surface area contributed by atoms with Crippen LogP contribution in [0.5, 0.6) is 0 Å². The molecule has 0 unspecified atom stereocenters. The number of carbonyl (C=O) groups is 2. The lowest BCUT2D eigenvalue weighted by molar-refractivity contribution is -0.147. The SMILES string of the molecule is C[C@H]1C[C@H](NC(=O)[C@@H]2CC=CC[C@@H]2C(=O)O)CC(C)(C)C1. The van der Waals surface area contributed by atoms with Gasteiger partial charge < -0.3 is 10.4 Å². The van der Waals surface area contributed by atoms with E-state index in [9.17, 15) is 14.7 Å². The first-order valence-electron chi connectivity index (χ1n) is 7.96. The van der Waals surface area contributed by atoms with Crippen LogP contribution in [0.15, 0.2) is 12.2 Å². The van der Waals surface area contributed by atoms with Gasteiger partial charge in [-0.05, 0) is 43.4 Å². The molecule has 2 N–H and O–H groups in total. The Balaban J connectivity index is 2.00. The fourth-order valence-corrected chi connectivity index (χ4v) is 4.14. The number of hydrogen-bond acceptors (Lipinski definition) is 2. The molecule has 2 rings (SSSR count). The number of amides is 1. The number of carboxylic acid groups (broad SMARTS) is 1. The van der Waals surface area contributed by atoms with Gasteiger partial charge in [-0.1, -0.05) is 32.9 Å². The van der Waals surface area contributed by atoms with Crippen molar-refractivity contribution >= 4 is 11.9 Å². The Morgan fingerprint density at radius 1 is 1.14 bits per heavy atom. The van der Waals surface area contributed by atoms with Gasteiger partial charge in [0.2, 0.25) is 5.91 Å². The zero-order valence-electron chi connectivity index (χ0n) is 13.3. The first-order chi connectivity index (χ1) is 9.78. The van der Waals surface area contributed by atoms with Crippen LogP contribution in [-0.4, -0.2) is 23.0 Å². The van der Waals surface area contributed by atoms with E-state index in [-0.39, 0.29) is 17.4 Å². The second kappa shape index (κ2) is 6.20. The van der Waals surface area contributed by atoms with Crippen molar-refractivity contribution in [3.63, 3.8) is 0 Å². The van der Waals surface area contributed by atoms with E-state index in [1.807, 2.05) is 12.2 Å². The summed E-state index contributed by atoms with van der Waals surface area (Å²) < 4.78 is 0. The topological polar surface area (TPSA) is 66.4 Å². The molecule has 4 heteroatoms. The molecule has 2 aliphatic carbocycles. The molecule has 4 atom stereocenters. The summed E-state index contributed by atoms with van der Waals surface area (Å²) in [6.45, 7) is 6.71. The van der Waals surface area contributed by atoms with Gasteiger partial charge >= 0.3 is 5.97 Å². The standard InChI is InChI=1S/C17H27NO3/c1-11-8-12(10-17(2,3)9-11)18-15(19)13-6-4-5-7-14(13)16(20)21/h4-5,11-14H,6-10H2,1-3H3,(H,18,19)(H,20,21)/t11-,12-,13+,14-/m0/s1. The minimum Gasteiger partial charge on any atom is -0.481 e. The Morgan fingerprint density at radius 3 is 2.33 bits per heavy atom. The molecular formula is C17H27NO3. The zero-order chi connectivity index (χ0) is 15.6. The monoisotopic (exact) mass is 293 g/mol. The predicted octanol–water partition coefficient (Wildman–Crippen LogP) is 2.98. The molecule has 0 aliphatic heterocycles. The molecule has 0 heterocycles. The first kappa shape index (κ1) is 16.1. The average molecular weight is 293 g/mol. The van der Waals surface area contributed by atoms with Gasteiger partial charge in [-0.3, -0.25) is 9.59 Å². The van der Waals surface area contributed by atoms with E-state index < -0.39 is 17.8 Å². The van der Waals surface area contributed by atoms with Gasteiger partial charge in [0.1, 0.15) is 0 Å². The number of aliphatic carboxylic acids is 1. The van der Waals surface area contributed by atoms with E-state index in [0.717, 1.165) is 12.8 Å². The van der Waals surface area contributed by atoms with Crippen LogP contribution in [0, 0.1) is 23.2 Å². The van der Waals surface area contributed by atoms with Crippen molar-refractivity contribution < 1.29 is 14.7 Å². The van der Waals surface area contributed by atoms with E-state index in [1.165, 1.54) is 6.42 Å². The average Bonchev–Trinajstić information content (AvgIpc) is 2.36. The van der Waals surface area contributed by atoms with Crippen molar-refractivity contribution in [1.82, 2.24) is 5.32 Å². The van der Waals surface area contributed by atoms with Gasteiger partial charge in [-0.15, -0.1) is 0 Å². The molecule has 118 valence electrons. The highest BCUT2D eigenvalue weighted by Gasteiger charge is 2.37. The van der Waals surface area contributed by atoms with Crippen LogP contribution in [0.2, 0.25) is 0 Å². The molecule has 0 saturated heterocycles. The van der Waals surface area contributed by atoms with Gasteiger partial charge in [-0.25, -0.2) is 0 Å². The summed E-state index contributed by atoms with van der Waals surface area (Å²) >= 11 is 0. The molecule has 0 aromatic heterocycles. The first-order valence-corrected chi connectivity index (χ1v) is 7.96. The maximum atomic E-state index is 12.5. The number of allylic oxidation sites excluding steroid dienone is 2. The quantitative estimate of drug-likeness (QED) is 0.786. The third-order valence-corrected chi connectivity index (χ3v) is 4.82. The molecule has 1 fully saturated rings. The van der Waals surface area contributed by atoms with E-state index >= 15 is 0 Å². The summed E-state index contributed by atoms with van der Waals surface area (Å²) in [4.78, 5) is 23.8. The van der Waals surface area contributed by atoms with Crippen molar-refractivity contribution in [3.8, 4) is 0 Å². The number of rotatable bonds is 3. The van der Waals surface area contributed by atoms with E-state index in [2.05, 4.69) is 26.1 Å². The highest BCUT2D eigenvalue weighted by atomic mass is 16.4. The van der Waals surface area contributed by atoms with E-state index in [1.54, 1.807) is 0 Å². The summed E-state index contributed by atoms with van der Waals surface area (Å²) in [5.74, 6) is -1.35. The lowest BCUT2D eigenvalue weighted by Gasteiger charge is -2.40. The zero-order valence-corrected chi connectivity index (χ0v) is 13.3. The van der Waals surface area contributed by atoms with Crippen LogP contribution in [0.4, 0.5) is 0 Å². The van der Waals surface area contributed by atoms with Crippen LogP contribution in [0.3, 0.4) is 0 Å². The molecule has 0 aromatic carbocycles. The van der Waals surface area contributed by atoms with Crippen molar-refractivity contribution in [2.45, 2.75) is 58.9 Å². The second-order valence-electron chi connectivity index (χ2n) is 7.61. The predicted molar refractivity (Wildman–Crippen MR) is 81.7 cm³/mol. The molecule has 21 heavy (non-hydrogen) atoms. The molecule has 0 aromatic rings. The molecule has 1 saturated carbocycles. The Morgan fingerprint density at radius 2 is 1.76 bits per heavy atom. The van der Waals surface area contributed by atoms with Crippen molar-refractivity contribution in [2.75, 3.05) is 0 Å². The largest absolute Gasteiger partial charge is 0.481 e. The van der Waals surface area contributed by atoms with Crippen LogP contribution >= 0.6 is 0 Å². The highest BCUT2D eigenvalue weighted by Crippen LogP contribution is 2.38. The van der Waals surface area contributed by atoms with Gasteiger partial charge in [0.25, 0.3) is 0 Å². The molecule has 0 radical (unpaired) electrons. The number of nitrogens with one attached hydrogen (secondary N) is 1. The second-order valence-corrected chi connectivity index (χ2v) is 7.61. The van der Waals surface area contributed by atoms with E-state index in [4.69, 9.17) is 0 Å². The smallest absolute Gasteiger partial charge is 0.307 e. The number of carboxylic acids is 1. The Bertz CT molecular complexity index is 441. The molecule has 0 spiro atoms. The van der Waals surface area contributed by atoms with Crippen LogP contribution in [0.1, 0.15) is 52.9 Å². The molecule has 0 bridgehead atoms. The lowest BCUT2D eigenvalue weighted by atomic mass is 9.70. The minimum absolute atomic E-state index is 0.0818. The third-order valence-electron chi connectivity index (χ3n) is 4.82. The Kier molecular flexibility index (Phi) is 4.74. The van der Waals surface area contributed by atoms with Crippen LogP contribution in [-0.2, 0) is 9.59 Å². The maximum absolute atomic E-state index is 12.5. The highest BCUT2D eigenvalue weighted by molar-refractivity contribution is 5.85. The van der Waals surface area contributed by atoms with E-state index in [0.29, 0.717) is 18.8 Å². The van der Waals surface area contributed by atoms with Crippen LogP contribution in [0.25, 0.3) is 0 Å². The molecule has 1 amide bonds. The van der Waals surface area contributed by atoms with Gasteiger partial charge in [-0.2, -0.15) is 0 Å². The van der Waals surface area contributed by atoms with Crippen molar-refractivity contribution in [1.29, 1.82) is 0 Å². The molecular weight excluding hydrogens is 266 g/mol. The summed E-state index contributed by atoms with van der Waals surface area (Å²) in [6, 6.07) is 0.177. The Hall–Kier alpha value is -1.32. The van der Waals surface area contributed by atoms with Crippen molar-refractivity contribution in [2.24, 2.45) is 23.2 Å². The number of carbonyl (C=O) groups excluding carboxylic acids is 1. The number of hydrogen-bond donors (Lipinski definition) is 2. The summed E-state index contributed by atoms with van der Waals surface area (Å²) in [5, 5.41) is 12.4. The molecule has 4 nitrogen and oxygen atoms in total. The normalized spacial score (nSPS) is 35.2. The maximum Gasteiger partial charge on any atom is 0.307 e.